The van der Waals surface area contributed by atoms with Crippen molar-refractivity contribution < 1.29 is 0 Å². The minimum absolute atomic E-state index is 0.473. The fraction of sp³-hybridized carbons (Fsp3) is 0.500. The third-order valence-corrected chi connectivity index (χ3v) is 4.16. The van der Waals surface area contributed by atoms with Gasteiger partial charge < -0.3 is 5.32 Å². The van der Waals surface area contributed by atoms with Crippen LogP contribution in [0.5, 0.6) is 0 Å². The van der Waals surface area contributed by atoms with Gasteiger partial charge >= 0.3 is 0 Å². The molecular formula is C18H27N3. The molecule has 0 amide bonds. The van der Waals surface area contributed by atoms with E-state index < -0.39 is 0 Å². The van der Waals surface area contributed by atoms with Crippen molar-refractivity contribution in [1.29, 1.82) is 0 Å². The SMILES string of the molecule is CCC(CC)n1ccc(CC(CNC)c2ccccc2)n1. The lowest BCUT2D eigenvalue weighted by atomic mass is 9.94. The largest absolute Gasteiger partial charge is 0.319 e. The Labute approximate surface area is 128 Å². The van der Waals surface area contributed by atoms with Gasteiger partial charge in [-0.1, -0.05) is 44.2 Å². The molecule has 0 saturated carbocycles. The maximum absolute atomic E-state index is 4.79. The fourth-order valence-corrected chi connectivity index (χ4v) is 2.88. The summed E-state index contributed by atoms with van der Waals surface area (Å²) in [6.07, 6.45) is 5.39. The minimum atomic E-state index is 0.473. The van der Waals surface area contributed by atoms with Crippen molar-refractivity contribution in [3.63, 3.8) is 0 Å². The Bertz CT molecular complexity index is 514. The van der Waals surface area contributed by atoms with Crippen LogP contribution in [0.1, 0.15) is 49.9 Å². The second-order valence-corrected chi connectivity index (χ2v) is 5.63. The van der Waals surface area contributed by atoms with E-state index in [9.17, 15) is 0 Å². The van der Waals surface area contributed by atoms with E-state index >= 15 is 0 Å². The number of hydrogen-bond donors (Lipinski definition) is 1. The summed E-state index contributed by atoms with van der Waals surface area (Å²) in [5.41, 5.74) is 2.56. The van der Waals surface area contributed by atoms with Crippen LogP contribution in [-0.4, -0.2) is 23.4 Å². The standard InChI is InChI=1S/C18H27N3/c1-4-18(5-2)21-12-11-17(20-21)13-16(14-19-3)15-9-7-6-8-10-15/h6-12,16,18-19H,4-5,13-14H2,1-3H3. The monoisotopic (exact) mass is 285 g/mol. The Morgan fingerprint density at radius 1 is 1.10 bits per heavy atom. The summed E-state index contributed by atoms with van der Waals surface area (Å²) in [6, 6.07) is 13.4. The van der Waals surface area contributed by atoms with Crippen molar-refractivity contribution in [3.8, 4) is 0 Å². The van der Waals surface area contributed by atoms with Gasteiger partial charge in [0.2, 0.25) is 0 Å². The molecule has 1 atom stereocenters. The molecule has 0 spiro atoms. The molecule has 21 heavy (non-hydrogen) atoms. The maximum Gasteiger partial charge on any atom is 0.0631 e. The van der Waals surface area contributed by atoms with Crippen LogP contribution in [0.25, 0.3) is 0 Å². The summed E-state index contributed by atoms with van der Waals surface area (Å²) in [5, 5.41) is 8.09. The molecule has 0 fully saturated rings. The highest BCUT2D eigenvalue weighted by molar-refractivity contribution is 5.22. The van der Waals surface area contributed by atoms with E-state index in [4.69, 9.17) is 5.10 Å². The van der Waals surface area contributed by atoms with Gasteiger partial charge in [0.15, 0.2) is 0 Å². The number of benzene rings is 1. The molecule has 1 aromatic carbocycles. The third kappa shape index (κ3) is 4.18. The van der Waals surface area contributed by atoms with E-state index in [0.29, 0.717) is 12.0 Å². The van der Waals surface area contributed by atoms with E-state index in [1.54, 1.807) is 0 Å². The highest BCUT2D eigenvalue weighted by Crippen LogP contribution is 2.21. The molecule has 1 N–H and O–H groups in total. The minimum Gasteiger partial charge on any atom is -0.319 e. The van der Waals surface area contributed by atoms with Gasteiger partial charge in [0, 0.05) is 18.7 Å². The summed E-state index contributed by atoms with van der Waals surface area (Å²) in [4.78, 5) is 0. The number of likely N-dealkylation sites (N-methyl/N-ethyl adjacent to an activating group) is 1. The van der Waals surface area contributed by atoms with Crippen LogP contribution < -0.4 is 5.32 Å². The van der Waals surface area contributed by atoms with Crippen LogP contribution >= 0.6 is 0 Å². The Hall–Kier alpha value is -1.61. The second-order valence-electron chi connectivity index (χ2n) is 5.63. The van der Waals surface area contributed by atoms with Crippen LogP contribution in [0.4, 0.5) is 0 Å². The lowest BCUT2D eigenvalue weighted by molar-refractivity contribution is 0.424. The molecule has 1 heterocycles. The first-order valence-electron chi connectivity index (χ1n) is 8.02. The number of aromatic nitrogens is 2. The summed E-state index contributed by atoms with van der Waals surface area (Å²) in [5.74, 6) is 0.473. The Morgan fingerprint density at radius 3 is 2.43 bits per heavy atom. The number of hydrogen-bond acceptors (Lipinski definition) is 2. The third-order valence-electron chi connectivity index (χ3n) is 4.16. The van der Waals surface area contributed by atoms with Crippen molar-refractivity contribution in [3.05, 3.63) is 53.9 Å². The Kier molecular flexibility index (Phi) is 6.00. The molecule has 0 saturated heterocycles. The van der Waals surface area contributed by atoms with Gasteiger partial charge in [-0.05, 0) is 37.9 Å². The molecule has 2 aromatic rings. The molecule has 2 rings (SSSR count). The summed E-state index contributed by atoms with van der Waals surface area (Å²) in [6.45, 7) is 5.43. The normalized spacial score (nSPS) is 12.8. The molecule has 0 aliphatic rings. The van der Waals surface area contributed by atoms with Crippen molar-refractivity contribution in [2.24, 2.45) is 0 Å². The summed E-state index contributed by atoms with van der Waals surface area (Å²) < 4.78 is 2.14. The zero-order valence-corrected chi connectivity index (χ0v) is 13.4. The van der Waals surface area contributed by atoms with Crippen LogP contribution in [0, 0.1) is 0 Å². The highest BCUT2D eigenvalue weighted by Gasteiger charge is 2.14. The fourth-order valence-electron chi connectivity index (χ4n) is 2.88. The molecule has 114 valence electrons. The lowest BCUT2D eigenvalue weighted by Gasteiger charge is -2.16. The van der Waals surface area contributed by atoms with E-state index in [1.165, 1.54) is 11.3 Å². The van der Waals surface area contributed by atoms with Crippen LogP contribution in [0.15, 0.2) is 42.6 Å². The Balaban J connectivity index is 2.11. The molecule has 3 heteroatoms. The molecule has 0 radical (unpaired) electrons. The molecule has 1 aromatic heterocycles. The molecule has 1 unspecified atom stereocenters. The van der Waals surface area contributed by atoms with Gasteiger partial charge in [-0.3, -0.25) is 4.68 Å². The number of nitrogens with one attached hydrogen (secondary N) is 1. The zero-order chi connectivity index (χ0) is 15.1. The average Bonchev–Trinajstić information content (AvgIpc) is 2.97. The van der Waals surface area contributed by atoms with Gasteiger partial charge in [0.1, 0.15) is 0 Å². The predicted molar refractivity (Wildman–Crippen MR) is 88.7 cm³/mol. The van der Waals surface area contributed by atoms with Crippen LogP contribution in [-0.2, 0) is 6.42 Å². The van der Waals surface area contributed by atoms with Gasteiger partial charge in [-0.15, -0.1) is 0 Å². The van der Waals surface area contributed by atoms with Crippen molar-refractivity contribution in [2.75, 3.05) is 13.6 Å². The first kappa shape index (κ1) is 15.8. The molecule has 3 nitrogen and oxygen atoms in total. The van der Waals surface area contributed by atoms with E-state index in [0.717, 1.165) is 25.8 Å². The topological polar surface area (TPSA) is 29.9 Å². The van der Waals surface area contributed by atoms with Crippen LogP contribution in [0.2, 0.25) is 0 Å². The van der Waals surface area contributed by atoms with Crippen molar-refractivity contribution in [2.45, 2.75) is 45.1 Å². The summed E-state index contributed by atoms with van der Waals surface area (Å²) >= 11 is 0. The average molecular weight is 285 g/mol. The van der Waals surface area contributed by atoms with Crippen molar-refractivity contribution in [1.82, 2.24) is 15.1 Å². The number of rotatable bonds is 8. The maximum atomic E-state index is 4.79. The van der Waals surface area contributed by atoms with Gasteiger partial charge in [0.05, 0.1) is 11.7 Å². The van der Waals surface area contributed by atoms with E-state index in [-0.39, 0.29) is 0 Å². The summed E-state index contributed by atoms with van der Waals surface area (Å²) in [7, 11) is 2.01. The van der Waals surface area contributed by atoms with Gasteiger partial charge in [-0.2, -0.15) is 5.10 Å². The first-order valence-corrected chi connectivity index (χ1v) is 8.02. The Morgan fingerprint density at radius 2 is 1.81 bits per heavy atom. The molecule has 0 aliphatic carbocycles. The molecule has 0 bridgehead atoms. The highest BCUT2D eigenvalue weighted by atomic mass is 15.3. The quantitative estimate of drug-likeness (QED) is 0.799. The lowest BCUT2D eigenvalue weighted by Crippen LogP contribution is -2.19. The number of nitrogens with zero attached hydrogens (tertiary/aromatic N) is 2. The van der Waals surface area contributed by atoms with Crippen LogP contribution in [0.3, 0.4) is 0 Å². The predicted octanol–water partition coefficient (Wildman–Crippen LogP) is 3.79. The first-order chi connectivity index (χ1) is 10.3. The smallest absolute Gasteiger partial charge is 0.0631 e. The molecular weight excluding hydrogens is 258 g/mol. The van der Waals surface area contributed by atoms with Crippen molar-refractivity contribution >= 4 is 0 Å². The van der Waals surface area contributed by atoms with E-state index in [2.05, 4.69) is 66.4 Å². The zero-order valence-electron chi connectivity index (χ0n) is 13.4. The second kappa shape index (κ2) is 7.99. The van der Waals surface area contributed by atoms with E-state index in [1.807, 2.05) is 7.05 Å². The molecule has 0 aliphatic heterocycles. The van der Waals surface area contributed by atoms with Gasteiger partial charge in [0.25, 0.3) is 0 Å². The van der Waals surface area contributed by atoms with Gasteiger partial charge in [-0.25, -0.2) is 0 Å².